The molecule has 1 unspecified atom stereocenters. The number of nitrogens with one attached hydrogen (secondary N) is 1. The first-order valence-electron chi connectivity index (χ1n) is 14.0. The molecule has 0 spiro atoms. The van der Waals surface area contributed by atoms with Gasteiger partial charge in [-0.15, -0.1) is 0 Å². The van der Waals surface area contributed by atoms with E-state index in [4.69, 9.17) is 14.9 Å². The SMILES string of the molecule is CCC(C)c1ccc(OCCn2cc(/C=C3/C(=N)N4N=C(COc5ccccc5)SC4=NC3=O)c3ccccc32)cc1. The molecular weight excluding hydrogens is 546 g/mol. The van der Waals surface area contributed by atoms with Crippen LogP contribution in [0.15, 0.2) is 101 Å². The van der Waals surface area contributed by atoms with Crippen molar-refractivity contribution in [3.05, 3.63) is 102 Å². The van der Waals surface area contributed by atoms with Crippen molar-refractivity contribution in [2.24, 2.45) is 10.1 Å². The second-order valence-corrected chi connectivity index (χ2v) is 11.2. The van der Waals surface area contributed by atoms with Crippen molar-refractivity contribution in [3.8, 4) is 11.5 Å². The molecule has 0 radical (unpaired) electrons. The first-order valence-corrected chi connectivity index (χ1v) is 14.8. The van der Waals surface area contributed by atoms with Crippen molar-refractivity contribution in [3.63, 3.8) is 0 Å². The lowest BCUT2D eigenvalue weighted by Gasteiger charge is -2.20. The number of benzene rings is 3. The zero-order valence-corrected chi connectivity index (χ0v) is 24.3. The van der Waals surface area contributed by atoms with Crippen LogP contribution in [0.1, 0.15) is 37.3 Å². The summed E-state index contributed by atoms with van der Waals surface area (Å²) in [5.74, 6) is 1.63. The van der Waals surface area contributed by atoms with Crippen LogP contribution < -0.4 is 9.47 Å². The minimum absolute atomic E-state index is 0.00628. The number of para-hydroxylation sites is 2. The van der Waals surface area contributed by atoms with Crippen LogP contribution in [0.25, 0.3) is 17.0 Å². The van der Waals surface area contributed by atoms with Crippen LogP contribution >= 0.6 is 11.8 Å². The first kappa shape index (κ1) is 27.5. The predicted octanol–water partition coefficient (Wildman–Crippen LogP) is 6.93. The number of hydrogen-bond acceptors (Lipinski definition) is 6. The van der Waals surface area contributed by atoms with Crippen molar-refractivity contribution in [1.29, 1.82) is 5.41 Å². The molecule has 1 atom stereocenters. The summed E-state index contributed by atoms with van der Waals surface area (Å²) in [6.07, 6.45) is 4.83. The molecule has 3 aromatic carbocycles. The molecule has 0 fully saturated rings. The normalized spacial score (nSPS) is 16.4. The van der Waals surface area contributed by atoms with Gasteiger partial charge >= 0.3 is 0 Å². The molecule has 0 aliphatic carbocycles. The molecule has 9 heteroatoms. The Morgan fingerprint density at radius 1 is 0.976 bits per heavy atom. The van der Waals surface area contributed by atoms with Crippen molar-refractivity contribution >= 4 is 50.7 Å². The van der Waals surface area contributed by atoms with Gasteiger partial charge in [-0.1, -0.05) is 62.4 Å². The summed E-state index contributed by atoms with van der Waals surface area (Å²) in [7, 11) is 0. The Labute approximate surface area is 248 Å². The van der Waals surface area contributed by atoms with Crippen molar-refractivity contribution in [2.45, 2.75) is 32.7 Å². The van der Waals surface area contributed by atoms with E-state index in [2.05, 4.69) is 40.6 Å². The molecule has 6 rings (SSSR count). The minimum atomic E-state index is -0.458. The van der Waals surface area contributed by atoms with Gasteiger partial charge in [0.15, 0.2) is 5.84 Å². The maximum Gasteiger partial charge on any atom is 0.283 e. The van der Waals surface area contributed by atoms with Gasteiger partial charge in [0, 0.05) is 22.7 Å². The van der Waals surface area contributed by atoms with Crippen LogP contribution in [-0.2, 0) is 11.3 Å². The number of aromatic nitrogens is 1. The van der Waals surface area contributed by atoms with Gasteiger partial charge < -0.3 is 14.0 Å². The van der Waals surface area contributed by atoms with E-state index in [0.717, 1.165) is 34.4 Å². The Morgan fingerprint density at radius 3 is 2.50 bits per heavy atom. The summed E-state index contributed by atoms with van der Waals surface area (Å²) < 4.78 is 14.0. The number of nitrogens with zero attached hydrogens (tertiary/aromatic N) is 4. The van der Waals surface area contributed by atoms with E-state index >= 15 is 0 Å². The fourth-order valence-corrected chi connectivity index (χ4v) is 5.67. The molecule has 2 aliphatic rings. The van der Waals surface area contributed by atoms with E-state index in [1.165, 1.54) is 22.3 Å². The van der Waals surface area contributed by atoms with Crippen LogP contribution in [0.4, 0.5) is 0 Å². The maximum atomic E-state index is 13.0. The van der Waals surface area contributed by atoms with Gasteiger partial charge in [0.05, 0.1) is 12.1 Å². The van der Waals surface area contributed by atoms with Crippen LogP contribution in [0.2, 0.25) is 0 Å². The molecule has 3 heterocycles. The smallest absolute Gasteiger partial charge is 0.283 e. The number of aliphatic imine (C=N–C) groups is 1. The number of carbonyl (C=O) groups is 1. The molecule has 4 aromatic rings. The Balaban J connectivity index is 1.18. The minimum Gasteiger partial charge on any atom is -0.492 e. The van der Waals surface area contributed by atoms with Gasteiger partial charge in [-0.2, -0.15) is 15.1 Å². The largest absolute Gasteiger partial charge is 0.492 e. The molecule has 8 nitrogen and oxygen atoms in total. The zero-order valence-electron chi connectivity index (χ0n) is 23.5. The molecule has 1 N–H and O–H groups in total. The molecule has 0 saturated heterocycles. The first-order chi connectivity index (χ1) is 20.5. The van der Waals surface area contributed by atoms with Crippen LogP contribution in [-0.4, -0.2) is 44.7 Å². The van der Waals surface area contributed by atoms with Gasteiger partial charge in [0.25, 0.3) is 5.91 Å². The average molecular weight is 578 g/mol. The van der Waals surface area contributed by atoms with E-state index in [-0.39, 0.29) is 18.0 Å². The van der Waals surface area contributed by atoms with E-state index in [0.29, 0.717) is 29.3 Å². The number of amidine groups is 2. The van der Waals surface area contributed by atoms with Gasteiger partial charge in [-0.25, -0.2) is 0 Å². The maximum absolute atomic E-state index is 13.0. The second-order valence-electron chi connectivity index (χ2n) is 10.1. The Kier molecular flexibility index (Phi) is 7.92. The van der Waals surface area contributed by atoms with Crippen LogP contribution in [0, 0.1) is 5.41 Å². The Hall–Kier alpha value is -4.63. The fraction of sp³-hybridized carbons (Fsp3) is 0.212. The van der Waals surface area contributed by atoms with Crippen LogP contribution in [0.5, 0.6) is 11.5 Å². The molecule has 1 amide bonds. The summed E-state index contributed by atoms with van der Waals surface area (Å²) in [6, 6.07) is 25.8. The van der Waals surface area contributed by atoms with Gasteiger partial charge in [0.2, 0.25) is 5.17 Å². The van der Waals surface area contributed by atoms with Gasteiger partial charge in [0.1, 0.15) is 29.8 Å². The quantitative estimate of drug-likeness (QED) is 0.206. The van der Waals surface area contributed by atoms with Gasteiger partial charge in [-0.05, 0) is 66.1 Å². The van der Waals surface area contributed by atoms with Crippen molar-refractivity contribution in [2.75, 3.05) is 13.2 Å². The highest BCUT2D eigenvalue weighted by molar-refractivity contribution is 8.27. The van der Waals surface area contributed by atoms with E-state index in [1.807, 2.05) is 72.9 Å². The lowest BCUT2D eigenvalue weighted by atomic mass is 9.99. The van der Waals surface area contributed by atoms with Gasteiger partial charge in [-0.3, -0.25) is 10.2 Å². The fourth-order valence-electron chi connectivity index (χ4n) is 4.87. The number of rotatable bonds is 10. The number of ether oxygens (including phenoxy) is 2. The summed E-state index contributed by atoms with van der Waals surface area (Å²) in [5, 5.41) is 16.7. The number of amides is 1. The number of hydrazone groups is 1. The third-order valence-electron chi connectivity index (χ3n) is 7.38. The van der Waals surface area contributed by atoms with E-state index in [9.17, 15) is 4.79 Å². The molecule has 0 bridgehead atoms. The van der Waals surface area contributed by atoms with Crippen molar-refractivity contribution in [1.82, 2.24) is 9.58 Å². The summed E-state index contributed by atoms with van der Waals surface area (Å²) in [6.45, 7) is 5.76. The average Bonchev–Trinajstić information content (AvgIpc) is 3.60. The topological polar surface area (TPSA) is 92.3 Å². The van der Waals surface area contributed by atoms with E-state index < -0.39 is 5.91 Å². The standard InChI is InChI=1S/C33H31N5O3S/c1-3-22(2)23-13-15-26(16-14-23)40-18-17-37-20-24(27-11-7-8-12-29(27)37)19-28-31(34)38-33(35-32(28)39)42-30(36-38)21-41-25-9-5-4-6-10-25/h4-16,19-20,22,34H,3,17-18,21H2,1-2H3/b28-19-,34-31?. The predicted molar refractivity (Wildman–Crippen MR) is 170 cm³/mol. The number of fused-ring (bicyclic) bond motifs is 2. The molecule has 1 aromatic heterocycles. The summed E-state index contributed by atoms with van der Waals surface area (Å²) in [5.41, 5.74) is 3.36. The highest BCUT2D eigenvalue weighted by Gasteiger charge is 2.36. The zero-order chi connectivity index (χ0) is 29.1. The monoisotopic (exact) mass is 577 g/mol. The van der Waals surface area contributed by atoms with Crippen LogP contribution in [0.3, 0.4) is 0 Å². The third-order valence-corrected chi connectivity index (χ3v) is 8.27. The summed E-state index contributed by atoms with van der Waals surface area (Å²) in [4.78, 5) is 17.3. The number of thioether (sulfide) groups is 1. The lowest BCUT2D eigenvalue weighted by Crippen LogP contribution is -2.35. The molecule has 42 heavy (non-hydrogen) atoms. The Bertz CT molecular complexity index is 1720. The molecular formula is C33H31N5O3S. The number of hydrogen-bond donors (Lipinski definition) is 1. The highest BCUT2D eigenvalue weighted by Crippen LogP contribution is 2.31. The Morgan fingerprint density at radius 2 is 1.71 bits per heavy atom. The molecule has 212 valence electrons. The lowest BCUT2D eigenvalue weighted by molar-refractivity contribution is -0.114. The van der Waals surface area contributed by atoms with Crippen molar-refractivity contribution < 1.29 is 14.3 Å². The third kappa shape index (κ3) is 5.73. The summed E-state index contributed by atoms with van der Waals surface area (Å²) >= 11 is 1.24. The molecule has 0 saturated carbocycles. The number of carbonyl (C=O) groups excluding carboxylic acids is 1. The highest BCUT2D eigenvalue weighted by atomic mass is 32.2. The molecule has 2 aliphatic heterocycles. The van der Waals surface area contributed by atoms with E-state index in [1.54, 1.807) is 6.08 Å². The second kappa shape index (κ2) is 12.1.